The first-order valence-electron chi connectivity index (χ1n) is 8.98. The maximum atomic E-state index is 14.1. The number of hydrogen-bond donors (Lipinski definition) is 1. The number of carbonyl (C=O) groups is 1. The lowest BCUT2D eigenvalue weighted by Crippen LogP contribution is -2.32. The van der Waals surface area contributed by atoms with Crippen molar-refractivity contribution in [3.8, 4) is 0 Å². The maximum absolute atomic E-state index is 14.1. The van der Waals surface area contributed by atoms with Crippen LogP contribution in [0.4, 0.5) is 4.39 Å². The Bertz CT molecular complexity index is 1030. The minimum absolute atomic E-state index is 0. The molecule has 0 radical (unpaired) electrons. The standard InChI is InChI=1S/C21H21FN4O.2ClH/c1-12-13(2)25-20-16(8-15(22)9-19(20)24-12)21(27)26-10-17(18(23)11-26)14-6-4-3-5-7-14;;/h3-9,17-18H,10-11,23H2,1-2H3;2*1H/t17-,18+;;/m0../s1. The van der Waals surface area contributed by atoms with Gasteiger partial charge >= 0.3 is 0 Å². The van der Waals surface area contributed by atoms with E-state index in [4.69, 9.17) is 5.73 Å². The zero-order chi connectivity index (χ0) is 19.1. The average Bonchev–Trinajstić information content (AvgIpc) is 3.04. The molecular formula is C21H23Cl2FN4O. The van der Waals surface area contributed by atoms with Crippen molar-refractivity contribution in [3.63, 3.8) is 0 Å². The number of benzene rings is 2. The lowest BCUT2D eigenvalue weighted by Gasteiger charge is -2.18. The molecule has 0 aliphatic carbocycles. The molecule has 0 spiro atoms. The number of halogens is 3. The second-order valence-electron chi connectivity index (χ2n) is 7.11. The van der Waals surface area contributed by atoms with Crippen LogP contribution >= 0.6 is 24.8 Å². The highest BCUT2D eigenvalue weighted by molar-refractivity contribution is 6.05. The highest BCUT2D eigenvalue weighted by Crippen LogP contribution is 2.29. The van der Waals surface area contributed by atoms with E-state index in [9.17, 15) is 9.18 Å². The minimum atomic E-state index is -0.494. The molecule has 4 rings (SSSR count). The van der Waals surface area contributed by atoms with Crippen molar-refractivity contribution < 1.29 is 9.18 Å². The van der Waals surface area contributed by atoms with Crippen molar-refractivity contribution in [1.29, 1.82) is 0 Å². The van der Waals surface area contributed by atoms with Crippen molar-refractivity contribution in [2.24, 2.45) is 5.73 Å². The summed E-state index contributed by atoms with van der Waals surface area (Å²) in [6, 6.07) is 12.3. The predicted molar refractivity (Wildman–Crippen MR) is 117 cm³/mol. The summed E-state index contributed by atoms with van der Waals surface area (Å²) in [7, 11) is 0. The average molecular weight is 437 g/mol. The summed E-state index contributed by atoms with van der Waals surface area (Å²) in [6.07, 6.45) is 0. The van der Waals surface area contributed by atoms with Gasteiger partial charge in [0.25, 0.3) is 5.91 Å². The summed E-state index contributed by atoms with van der Waals surface area (Å²) in [5, 5.41) is 0. The van der Waals surface area contributed by atoms with Crippen LogP contribution in [0.15, 0.2) is 42.5 Å². The van der Waals surface area contributed by atoms with Crippen LogP contribution in [0.25, 0.3) is 11.0 Å². The smallest absolute Gasteiger partial charge is 0.256 e. The van der Waals surface area contributed by atoms with E-state index < -0.39 is 5.82 Å². The van der Waals surface area contributed by atoms with Gasteiger partial charge in [0.2, 0.25) is 0 Å². The molecule has 1 aromatic heterocycles. The molecule has 1 aliphatic rings. The zero-order valence-corrected chi connectivity index (χ0v) is 17.8. The topological polar surface area (TPSA) is 72.1 Å². The van der Waals surface area contributed by atoms with Crippen LogP contribution in [0, 0.1) is 19.7 Å². The third-order valence-electron chi connectivity index (χ3n) is 5.26. The number of carbonyl (C=O) groups excluding carboxylic acids is 1. The molecule has 0 unspecified atom stereocenters. The summed E-state index contributed by atoms with van der Waals surface area (Å²) >= 11 is 0. The first-order valence-corrected chi connectivity index (χ1v) is 8.98. The Hall–Kier alpha value is -2.28. The van der Waals surface area contributed by atoms with Crippen molar-refractivity contribution in [2.75, 3.05) is 13.1 Å². The van der Waals surface area contributed by atoms with E-state index in [1.807, 2.05) is 44.2 Å². The van der Waals surface area contributed by atoms with Gasteiger partial charge in [-0.05, 0) is 25.5 Å². The van der Waals surface area contributed by atoms with Crippen LogP contribution in [0.2, 0.25) is 0 Å². The van der Waals surface area contributed by atoms with Crippen LogP contribution in [-0.4, -0.2) is 39.9 Å². The number of hydrogen-bond acceptors (Lipinski definition) is 4. The molecule has 29 heavy (non-hydrogen) atoms. The fraction of sp³-hybridized carbons (Fsp3) is 0.286. The van der Waals surface area contributed by atoms with Gasteiger partial charge in [0.1, 0.15) is 11.3 Å². The third kappa shape index (κ3) is 4.34. The minimum Gasteiger partial charge on any atom is -0.336 e. The van der Waals surface area contributed by atoms with Crippen LogP contribution in [0.1, 0.15) is 33.2 Å². The molecule has 2 N–H and O–H groups in total. The third-order valence-corrected chi connectivity index (χ3v) is 5.26. The molecule has 2 aromatic carbocycles. The molecule has 1 amide bonds. The van der Waals surface area contributed by atoms with Crippen molar-refractivity contribution in [1.82, 2.24) is 14.9 Å². The normalized spacial score (nSPS) is 18.3. The van der Waals surface area contributed by atoms with Crippen molar-refractivity contribution >= 4 is 41.8 Å². The Morgan fingerprint density at radius 2 is 1.72 bits per heavy atom. The number of likely N-dealkylation sites (tertiary alicyclic amines) is 1. The molecule has 0 saturated carbocycles. The molecule has 1 saturated heterocycles. The molecule has 3 aromatic rings. The van der Waals surface area contributed by atoms with Gasteiger partial charge < -0.3 is 10.6 Å². The van der Waals surface area contributed by atoms with Crippen LogP contribution < -0.4 is 5.73 Å². The van der Waals surface area contributed by atoms with Crippen LogP contribution in [-0.2, 0) is 0 Å². The summed E-state index contributed by atoms with van der Waals surface area (Å²) in [5.41, 5.74) is 9.92. The number of aromatic nitrogens is 2. The molecule has 2 heterocycles. The largest absolute Gasteiger partial charge is 0.336 e. The summed E-state index contributed by atoms with van der Waals surface area (Å²) in [6.45, 7) is 4.57. The van der Waals surface area contributed by atoms with Gasteiger partial charge in [-0.3, -0.25) is 4.79 Å². The maximum Gasteiger partial charge on any atom is 0.256 e. The zero-order valence-electron chi connectivity index (χ0n) is 16.1. The lowest BCUT2D eigenvalue weighted by molar-refractivity contribution is 0.0790. The Morgan fingerprint density at radius 1 is 1.07 bits per heavy atom. The second kappa shape index (κ2) is 9.03. The lowest BCUT2D eigenvalue weighted by atomic mass is 9.95. The van der Waals surface area contributed by atoms with Gasteiger partial charge in [0.05, 0.1) is 22.5 Å². The fourth-order valence-corrected chi connectivity index (χ4v) is 3.68. The second-order valence-corrected chi connectivity index (χ2v) is 7.11. The first-order chi connectivity index (χ1) is 12.9. The predicted octanol–water partition coefficient (Wildman–Crippen LogP) is 3.80. The molecular weight excluding hydrogens is 414 g/mol. The van der Waals surface area contributed by atoms with E-state index in [1.54, 1.807) is 4.90 Å². The summed E-state index contributed by atoms with van der Waals surface area (Å²) < 4.78 is 14.1. The van der Waals surface area contributed by atoms with E-state index in [2.05, 4.69) is 9.97 Å². The first kappa shape index (κ1) is 23.0. The summed E-state index contributed by atoms with van der Waals surface area (Å²) in [4.78, 5) is 23.7. The van der Waals surface area contributed by atoms with Crippen LogP contribution in [0.5, 0.6) is 0 Å². The monoisotopic (exact) mass is 436 g/mol. The van der Waals surface area contributed by atoms with E-state index in [0.29, 0.717) is 24.1 Å². The van der Waals surface area contributed by atoms with E-state index >= 15 is 0 Å². The Labute approximate surface area is 181 Å². The molecule has 5 nitrogen and oxygen atoms in total. The van der Waals surface area contributed by atoms with E-state index in [-0.39, 0.29) is 48.2 Å². The quantitative estimate of drug-likeness (QED) is 0.662. The van der Waals surface area contributed by atoms with Gasteiger partial charge in [-0.2, -0.15) is 0 Å². The van der Waals surface area contributed by atoms with E-state index in [1.165, 1.54) is 12.1 Å². The Morgan fingerprint density at radius 3 is 2.41 bits per heavy atom. The number of fused-ring (bicyclic) bond motifs is 1. The molecule has 2 atom stereocenters. The number of nitrogens with two attached hydrogens (primary N) is 1. The number of nitrogens with zero attached hydrogens (tertiary/aromatic N) is 3. The molecule has 1 aliphatic heterocycles. The molecule has 0 bridgehead atoms. The SMILES string of the molecule is Cc1nc2cc(F)cc(C(=O)N3C[C@@H](N)[C@H](c4ccccc4)C3)c2nc1C.Cl.Cl. The fourth-order valence-electron chi connectivity index (χ4n) is 3.68. The van der Waals surface area contributed by atoms with Crippen molar-refractivity contribution in [3.05, 3.63) is 70.8 Å². The highest BCUT2D eigenvalue weighted by atomic mass is 35.5. The Balaban J connectivity index is 0.00000150. The summed E-state index contributed by atoms with van der Waals surface area (Å²) in [5.74, 6) is -0.692. The van der Waals surface area contributed by atoms with Gasteiger partial charge in [-0.1, -0.05) is 30.3 Å². The Kier molecular flexibility index (Phi) is 7.16. The van der Waals surface area contributed by atoms with Crippen LogP contribution in [0.3, 0.4) is 0 Å². The highest BCUT2D eigenvalue weighted by Gasteiger charge is 2.35. The number of rotatable bonds is 2. The number of amides is 1. The number of aryl methyl sites for hydroxylation is 2. The molecule has 154 valence electrons. The van der Waals surface area contributed by atoms with Gasteiger partial charge in [-0.25, -0.2) is 14.4 Å². The van der Waals surface area contributed by atoms with Crippen molar-refractivity contribution in [2.45, 2.75) is 25.8 Å². The van der Waals surface area contributed by atoms with Gasteiger partial charge in [0, 0.05) is 31.1 Å². The molecule has 1 fully saturated rings. The van der Waals surface area contributed by atoms with Gasteiger partial charge in [-0.15, -0.1) is 24.8 Å². The molecule has 8 heteroatoms. The van der Waals surface area contributed by atoms with E-state index in [0.717, 1.165) is 17.0 Å². The van der Waals surface area contributed by atoms with Gasteiger partial charge in [0.15, 0.2) is 0 Å².